The van der Waals surface area contributed by atoms with Crippen molar-refractivity contribution in [3.8, 4) is 0 Å². The maximum atomic E-state index is 13.4. The van der Waals surface area contributed by atoms with Gasteiger partial charge in [0, 0.05) is 11.3 Å². The van der Waals surface area contributed by atoms with Gasteiger partial charge in [-0.1, -0.05) is 54.6 Å². The molecule has 3 aromatic rings. The molecule has 0 radical (unpaired) electrons. The Balaban J connectivity index is 1.71. The first kappa shape index (κ1) is 21.2. The van der Waals surface area contributed by atoms with Gasteiger partial charge in [0.25, 0.3) is 11.7 Å². The summed E-state index contributed by atoms with van der Waals surface area (Å²) in [4.78, 5) is 28.3. The van der Waals surface area contributed by atoms with Gasteiger partial charge in [-0.05, 0) is 79.5 Å². The van der Waals surface area contributed by atoms with Crippen LogP contribution in [-0.2, 0) is 22.4 Å². The highest BCUT2D eigenvalue weighted by Gasteiger charge is 2.47. The standard InChI is InChI=1S/C29H27NO3/c1-18-12-13-19(2)24(16-18)30-26(21-9-4-3-5-10-21)25(28(32)29(30)33)27(31)23-15-14-20-8-6-7-11-22(20)17-23/h3-5,9-10,12-17,26,31H,6-8,11H2,1-2H3/b27-25-. The number of carbonyl (C=O) groups is 2. The molecule has 1 aliphatic carbocycles. The first-order chi connectivity index (χ1) is 16.0. The summed E-state index contributed by atoms with van der Waals surface area (Å²) in [6.07, 6.45) is 4.30. The van der Waals surface area contributed by atoms with Gasteiger partial charge in [-0.3, -0.25) is 14.5 Å². The number of hydrogen-bond acceptors (Lipinski definition) is 3. The first-order valence-electron chi connectivity index (χ1n) is 11.5. The van der Waals surface area contributed by atoms with Gasteiger partial charge < -0.3 is 5.11 Å². The number of ketones is 1. The zero-order chi connectivity index (χ0) is 23.1. The largest absolute Gasteiger partial charge is 0.507 e. The molecule has 1 amide bonds. The Hall–Kier alpha value is -3.66. The molecule has 1 fully saturated rings. The number of aryl methyl sites for hydroxylation is 4. The van der Waals surface area contributed by atoms with Gasteiger partial charge in [0.2, 0.25) is 0 Å². The minimum atomic E-state index is -0.692. The van der Waals surface area contributed by atoms with E-state index in [2.05, 4.69) is 0 Å². The van der Waals surface area contributed by atoms with Crippen LogP contribution in [0.25, 0.3) is 5.76 Å². The molecule has 1 aliphatic heterocycles. The molecule has 1 heterocycles. The second kappa shape index (κ2) is 8.36. The van der Waals surface area contributed by atoms with Gasteiger partial charge in [-0.15, -0.1) is 0 Å². The molecule has 0 saturated carbocycles. The van der Waals surface area contributed by atoms with E-state index >= 15 is 0 Å². The lowest BCUT2D eigenvalue weighted by atomic mass is 9.88. The summed E-state index contributed by atoms with van der Waals surface area (Å²) in [5, 5.41) is 11.4. The summed E-state index contributed by atoms with van der Waals surface area (Å²) >= 11 is 0. The van der Waals surface area contributed by atoms with Crippen molar-refractivity contribution in [1.29, 1.82) is 0 Å². The molecule has 1 atom stereocenters. The monoisotopic (exact) mass is 437 g/mol. The Morgan fingerprint density at radius 1 is 0.879 bits per heavy atom. The molecule has 3 aromatic carbocycles. The lowest BCUT2D eigenvalue weighted by Crippen LogP contribution is -2.30. The SMILES string of the molecule is Cc1ccc(C)c(N2C(=O)C(=O)/C(=C(\O)c3ccc4c(c3)CCCC4)C2c2ccccc2)c1. The van der Waals surface area contributed by atoms with E-state index in [1.54, 1.807) is 4.90 Å². The van der Waals surface area contributed by atoms with Gasteiger partial charge in [0.15, 0.2) is 0 Å². The van der Waals surface area contributed by atoms with Crippen LogP contribution in [0.3, 0.4) is 0 Å². The molecular weight excluding hydrogens is 410 g/mol. The normalized spacial score (nSPS) is 19.6. The molecular formula is C29H27NO3. The summed E-state index contributed by atoms with van der Waals surface area (Å²) in [7, 11) is 0. The summed E-state index contributed by atoms with van der Waals surface area (Å²) in [5.41, 5.74) is 6.63. The number of nitrogens with zero attached hydrogens (tertiary/aromatic N) is 1. The van der Waals surface area contributed by atoms with E-state index in [0.717, 1.165) is 36.0 Å². The van der Waals surface area contributed by atoms with Gasteiger partial charge in [-0.2, -0.15) is 0 Å². The first-order valence-corrected chi connectivity index (χ1v) is 11.5. The average molecular weight is 438 g/mol. The van der Waals surface area contributed by atoms with E-state index in [4.69, 9.17) is 0 Å². The molecule has 0 aromatic heterocycles. The molecule has 33 heavy (non-hydrogen) atoms. The molecule has 1 unspecified atom stereocenters. The maximum Gasteiger partial charge on any atom is 0.300 e. The summed E-state index contributed by atoms with van der Waals surface area (Å²) < 4.78 is 0. The van der Waals surface area contributed by atoms with Gasteiger partial charge >= 0.3 is 0 Å². The third-order valence-electron chi connectivity index (χ3n) is 6.81. The molecule has 0 bridgehead atoms. The van der Waals surface area contributed by atoms with Gasteiger partial charge in [0.05, 0.1) is 11.6 Å². The molecule has 166 valence electrons. The van der Waals surface area contributed by atoms with Crippen molar-refractivity contribution >= 4 is 23.1 Å². The highest BCUT2D eigenvalue weighted by Crippen LogP contribution is 2.43. The van der Waals surface area contributed by atoms with Crippen molar-refractivity contribution in [1.82, 2.24) is 0 Å². The second-order valence-corrected chi connectivity index (χ2v) is 9.06. The number of benzene rings is 3. The number of carbonyl (C=O) groups excluding carboxylic acids is 2. The number of rotatable bonds is 3. The van der Waals surface area contributed by atoms with Crippen LogP contribution in [0.15, 0.2) is 72.3 Å². The molecule has 5 rings (SSSR count). The van der Waals surface area contributed by atoms with Crippen LogP contribution < -0.4 is 4.90 Å². The highest BCUT2D eigenvalue weighted by molar-refractivity contribution is 6.51. The number of hydrogen-bond donors (Lipinski definition) is 1. The molecule has 4 heteroatoms. The van der Waals surface area contributed by atoms with E-state index in [0.29, 0.717) is 11.3 Å². The Morgan fingerprint density at radius 2 is 1.61 bits per heavy atom. The number of Topliss-reactive ketones (excluding diaryl/α,β-unsaturated/α-hetero) is 1. The van der Waals surface area contributed by atoms with E-state index in [1.807, 2.05) is 80.6 Å². The zero-order valence-electron chi connectivity index (χ0n) is 19.0. The molecule has 2 aliphatic rings. The summed E-state index contributed by atoms with van der Waals surface area (Å²) in [5.74, 6) is -1.37. The Morgan fingerprint density at radius 3 is 2.36 bits per heavy atom. The van der Waals surface area contributed by atoms with Crippen molar-refractivity contribution in [2.24, 2.45) is 0 Å². The van der Waals surface area contributed by atoms with Crippen molar-refractivity contribution < 1.29 is 14.7 Å². The minimum absolute atomic E-state index is 0.108. The van der Waals surface area contributed by atoms with Crippen LogP contribution >= 0.6 is 0 Å². The van der Waals surface area contributed by atoms with E-state index < -0.39 is 17.7 Å². The number of anilines is 1. The summed E-state index contributed by atoms with van der Waals surface area (Å²) in [6, 6.07) is 20.5. The maximum absolute atomic E-state index is 13.4. The highest BCUT2D eigenvalue weighted by atomic mass is 16.3. The fraction of sp³-hybridized carbons (Fsp3) is 0.241. The quantitative estimate of drug-likeness (QED) is 0.320. The van der Waals surface area contributed by atoms with Gasteiger partial charge in [0.1, 0.15) is 5.76 Å². The third kappa shape index (κ3) is 3.66. The number of aliphatic hydroxyl groups is 1. The van der Waals surface area contributed by atoms with Gasteiger partial charge in [-0.25, -0.2) is 0 Å². The number of aliphatic hydroxyl groups excluding tert-OH is 1. The van der Waals surface area contributed by atoms with E-state index in [-0.39, 0.29) is 11.3 Å². The predicted octanol–water partition coefficient (Wildman–Crippen LogP) is 5.81. The van der Waals surface area contributed by atoms with Crippen molar-refractivity contribution in [3.05, 3.63) is 106 Å². The predicted molar refractivity (Wildman–Crippen MR) is 130 cm³/mol. The number of fused-ring (bicyclic) bond motifs is 1. The van der Waals surface area contributed by atoms with Crippen LogP contribution in [0.2, 0.25) is 0 Å². The van der Waals surface area contributed by atoms with E-state index in [9.17, 15) is 14.7 Å². The van der Waals surface area contributed by atoms with Crippen LogP contribution in [-0.4, -0.2) is 16.8 Å². The lowest BCUT2D eigenvalue weighted by molar-refractivity contribution is -0.132. The number of amides is 1. The topological polar surface area (TPSA) is 57.6 Å². The average Bonchev–Trinajstić information content (AvgIpc) is 3.10. The second-order valence-electron chi connectivity index (χ2n) is 9.06. The molecule has 0 spiro atoms. The van der Waals surface area contributed by atoms with Crippen LogP contribution in [0.5, 0.6) is 0 Å². The van der Waals surface area contributed by atoms with Crippen LogP contribution in [0.4, 0.5) is 5.69 Å². The van der Waals surface area contributed by atoms with Crippen molar-refractivity contribution in [3.63, 3.8) is 0 Å². The minimum Gasteiger partial charge on any atom is -0.507 e. The van der Waals surface area contributed by atoms with E-state index in [1.165, 1.54) is 17.5 Å². The fourth-order valence-corrected chi connectivity index (χ4v) is 5.05. The van der Waals surface area contributed by atoms with Crippen LogP contribution in [0.1, 0.15) is 52.3 Å². The smallest absolute Gasteiger partial charge is 0.300 e. The fourth-order valence-electron chi connectivity index (χ4n) is 5.05. The molecule has 4 nitrogen and oxygen atoms in total. The zero-order valence-corrected chi connectivity index (χ0v) is 19.0. The third-order valence-corrected chi connectivity index (χ3v) is 6.81. The molecule has 1 N–H and O–H groups in total. The van der Waals surface area contributed by atoms with Crippen LogP contribution in [0, 0.1) is 13.8 Å². The Bertz CT molecular complexity index is 1290. The Kier molecular flexibility index (Phi) is 5.37. The molecule has 1 saturated heterocycles. The lowest BCUT2D eigenvalue weighted by Gasteiger charge is -2.27. The Labute approximate surface area is 194 Å². The summed E-state index contributed by atoms with van der Waals surface area (Å²) in [6.45, 7) is 3.89. The van der Waals surface area contributed by atoms with Crippen molar-refractivity contribution in [2.45, 2.75) is 45.6 Å². The van der Waals surface area contributed by atoms with Crippen molar-refractivity contribution in [2.75, 3.05) is 4.90 Å².